The van der Waals surface area contributed by atoms with E-state index in [1.54, 1.807) is 37.8 Å². The third kappa shape index (κ3) is 2.20. The zero-order valence-corrected chi connectivity index (χ0v) is 12.3. The van der Waals surface area contributed by atoms with Crippen molar-refractivity contribution in [3.05, 3.63) is 18.0 Å². The van der Waals surface area contributed by atoms with Gasteiger partial charge in [-0.05, 0) is 19.8 Å². The molecule has 2 aromatic rings. The Morgan fingerprint density at radius 2 is 1.95 bits per heavy atom. The number of hydrogen-bond donors (Lipinski definition) is 1. The zero-order valence-electron chi connectivity index (χ0n) is 12.3. The minimum Gasteiger partial charge on any atom is -0.493 e. The quantitative estimate of drug-likeness (QED) is 0.916. The monoisotopic (exact) mass is 290 g/mol. The van der Waals surface area contributed by atoms with Crippen molar-refractivity contribution in [1.82, 2.24) is 9.55 Å². The summed E-state index contributed by atoms with van der Waals surface area (Å²) in [5, 5.41) is 9.36. The van der Waals surface area contributed by atoms with E-state index in [4.69, 9.17) is 9.47 Å². The lowest BCUT2D eigenvalue weighted by Crippen LogP contribution is -2.17. The molecule has 3 rings (SSSR count). The van der Waals surface area contributed by atoms with Gasteiger partial charge in [0.25, 0.3) is 0 Å². The number of benzene rings is 1. The van der Waals surface area contributed by atoms with Gasteiger partial charge in [0, 0.05) is 18.1 Å². The van der Waals surface area contributed by atoms with Crippen LogP contribution in [0.25, 0.3) is 11.0 Å². The maximum Gasteiger partial charge on any atom is 0.326 e. The van der Waals surface area contributed by atoms with E-state index >= 15 is 0 Å². The van der Waals surface area contributed by atoms with Crippen LogP contribution in [0.3, 0.4) is 0 Å². The van der Waals surface area contributed by atoms with E-state index < -0.39 is 12.0 Å². The van der Waals surface area contributed by atoms with Crippen LogP contribution in [-0.2, 0) is 4.79 Å². The number of fused-ring (bicyclic) bond motifs is 1. The molecule has 1 aliphatic carbocycles. The van der Waals surface area contributed by atoms with Gasteiger partial charge in [-0.25, -0.2) is 9.78 Å². The number of methoxy groups -OCH3 is 2. The molecule has 0 amide bonds. The van der Waals surface area contributed by atoms with Crippen LogP contribution >= 0.6 is 0 Å². The molecule has 1 aromatic carbocycles. The lowest BCUT2D eigenvalue weighted by molar-refractivity contribution is -0.140. The van der Waals surface area contributed by atoms with Gasteiger partial charge in [-0.15, -0.1) is 0 Å². The number of hydrogen-bond acceptors (Lipinski definition) is 4. The van der Waals surface area contributed by atoms with Gasteiger partial charge in [-0.3, -0.25) is 0 Å². The zero-order chi connectivity index (χ0) is 15.1. The second kappa shape index (κ2) is 4.95. The van der Waals surface area contributed by atoms with Crippen molar-refractivity contribution < 1.29 is 19.4 Å². The molecule has 112 valence electrons. The third-order valence-corrected chi connectivity index (χ3v) is 3.91. The van der Waals surface area contributed by atoms with Crippen LogP contribution in [0, 0.1) is 0 Å². The molecular weight excluding hydrogens is 272 g/mol. The molecule has 1 unspecified atom stereocenters. The number of rotatable bonds is 5. The molecule has 1 aliphatic rings. The topological polar surface area (TPSA) is 73.6 Å². The highest BCUT2D eigenvalue weighted by Crippen LogP contribution is 2.43. The Labute approximate surface area is 122 Å². The molecule has 1 N–H and O–H groups in total. The molecule has 1 aromatic heterocycles. The fraction of sp³-hybridized carbons (Fsp3) is 0.467. The van der Waals surface area contributed by atoms with Crippen LogP contribution in [0.5, 0.6) is 11.5 Å². The molecule has 0 spiro atoms. The van der Waals surface area contributed by atoms with Gasteiger partial charge in [-0.2, -0.15) is 0 Å². The van der Waals surface area contributed by atoms with Gasteiger partial charge in [-0.1, -0.05) is 0 Å². The molecule has 0 bridgehead atoms. The first-order valence-electron chi connectivity index (χ1n) is 6.93. The Morgan fingerprint density at radius 3 is 2.48 bits per heavy atom. The molecule has 0 saturated heterocycles. The van der Waals surface area contributed by atoms with Crippen LogP contribution in [0.15, 0.2) is 12.1 Å². The Kier molecular flexibility index (Phi) is 3.23. The average Bonchev–Trinajstić information content (AvgIpc) is 3.25. The highest BCUT2D eigenvalue weighted by atomic mass is 16.5. The number of aromatic nitrogens is 2. The van der Waals surface area contributed by atoms with Crippen molar-refractivity contribution in [1.29, 1.82) is 0 Å². The van der Waals surface area contributed by atoms with E-state index in [-0.39, 0.29) is 0 Å². The summed E-state index contributed by atoms with van der Waals surface area (Å²) in [7, 11) is 3.13. The molecule has 1 atom stereocenters. The van der Waals surface area contributed by atoms with Crippen molar-refractivity contribution in [2.45, 2.75) is 31.7 Å². The molecule has 0 aliphatic heterocycles. The molecular formula is C15H18N2O4. The van der Waals surface area contributed by atoms with Crippen LogP contribution in [0.4, 0.5) is 0 Å². The van der Waals surface area contributed by atoms with E-state index in [2.05, 4.69) is 4.98 Å². The number of aliphatic carboxylic acids is 1. The van der Waals surface area contributed by atoms with Crippen LogP contribution in [0.2, 0.25) is 0 Å². The fourth-order valence-electron chi connectivity index (χ4n) is 2.59. The number of imidazole rings is 1. The van der Waals surface area contributed by atoms with Gasteiger partial charge in [0.15, 0.2) is 11.5 Å². The Bertz CT molecular complexity index is 703. The largest absolute Gasteiger partial charge is 0.493 e. The summed E-state index contributed by atoms with van der Waals surface area (Å²) in [6, 6.07) is 2.93. The van der Waals surface area contributed by atoms with E-state index in [1.165, 1.54) is 0 Å². The van der Waals surface area contributed by atoms with Gasteiger partial charge >= 0.3 is 5.97 Å². The maximum atomic E-state index is 11.4. The molecule has 1 fully saturated rings. The van der Waals surface area contributed by atoms with Crippen molar-refractivity contribution in [2.24, 2.45) is 0 Å². The van der Waals surface area contributed by atoms with E-state index in [9.17, 15) is 9.90 Å². The molecule has 1 heterocycles. The highest BCUT2D eigenvalue weighted by Gasteiger charge is 2.33. The number of ether oxygens (including phenoxy) is 2. The number of nitrogens with zero attached hydrogens (tertiary/aromatic N) is 2. The average molecular weight is 290 g/mol. The first-order chi connectivity index (χ1) is 10.1. The van der Waals surface area contributed by atoms with Gasteiger partial charge < -0.3 is 19.1 Å². The summed E-state index contributed by atoms with van der Waals surface area (Å²) in [6.45, 7) is 1.67. The summed E-state index contributed by atoms with van der Waals surface area (Å²) in [5.41, 5.74) is 1.51. The second-order valence-corrected chi connectivity index (χ2v) is 5.32. The Hall–Kier alpha value is -2.24. The van der Waals surface area contributed by atoms with Gasteiger partial charge in [0.1, 0.15) is 11.9 Å². The summed E-state index contributed by atoms with van der Waals surface area (Å²) in [6.07, 6.45) is 2.12. The van der Waals surface area contributed by atoms with E-state index in [0.717, 1.165) is 29.7 Å². The van der Waals surface area contributed by atoms with Gasteiger partial charge in [0.2, 0.25) is 0 Å². The molecule has 6 heteroatoms. The summed E-state index contributed by atoms with van der Waals surface area (Å²) < 4.78 is 12.4. The van der Waals surface area contributed by atoms with Crippen molar-refractivity contribution in [3.63, 3.8) is 0 Å². The van der Waals surface area contributed by atoms with Crippen LogP contribution in [-0.4, -0.2) is 34.8 Å². The minimum atomic E-state index is -0.869. The summed E-state index contributed by atoms with van der Waals surface area (Å²) in [5.74, 6) is 1.50. The van der Waals surface area contributed by atoms with Crippen molar-refractivity contribution in [3.8, 4) is 11.5 Å². The first kappa shape index (κ1) is 13.7. The molecule has 0 radical (unpaired) electrons. The number of carbonyl (C=O) groups is 1. The Balaban J connectivity index is 2.26. The number of carboxylic acid groups (broad SMARTS) is 1. The summed E-state index contributed by atoms with van der Waals surface area (Å²) >= 11 is 0. The predicted molar refractivity (Wildman–Crippen MR) is 77.2 cm³/mol. The second-order valence-electron chi connectivity index (χ2n) is 5.32. The lowest BCUT2D eigenvalue weighted by atomic mass is 10.2. The summed E-state index contributed by atoms with van der Waals surface area (Å²) in [4.78, 5) is 16.0. The third-order valence-electron chi connectivity index (χ3n) is 3.91. The number of carboxylic acids is 1. The lowest BCUT2D eigenvalue weighted by Gasteiger charge is -2.14. The minimum absolute atomic E-state index is 0.358. The molecule has 21 heavy (non-hydrogen) atoms. The SMILES string of the molecule is COc1cc2nc(C3CC3)n(C(C)C(=O)O)c2cc1OC. The Morgan fingerprint density at radius 1 is 1.33 bits per heavy atom. The smallest absolute Gasteiger partial charge is 0.326 e. The standard InChI is InChI=1S/C15H18N2O4/c1-8(15(18)19)17-11-7-13(21-3)12(20-2)6-10(11)16-14(17)9-4-5-9/h6-9H,4-5H2,1-3H3,(H,18,19). The van der Waals surface area contributed by atoms with E-state index in [1.807, 2.05) is 0 Å². The molecule has 1 saturated carbocycles. The predicted octanol–water partition coefficient (Wildman–Crippen LogP) is 2.58. The highest BCUT2D eigenvalue weighted by molar-refractivity contribution is 5.83. The van der Waals surface area contributed by atoms with E-state index in [0.29, 0.717) is 17.4 Å². The van der Waals surface area contributed by atoms with Crippen molar-refractivity contribution >= 4 is 17.0 Å². The first-order valence-corrected chi connectivity index (χ1v) is 6.93. The molecule has 6 nitrogen and oxygen atoms in total. The fourth-order valence-corrected chi connectivity index (χ4v) is 2.59. The van der Waals surface area contributed by atoms with Crippen LogP contribution < -0.4 is 9.47 Å². The maximum absolute atomic E-state index is 11.4. The van der Waals surface area contributed by atoms with Crippen molar-refractivity contribution in [2.75, 3.05) is 14.2 Å². The van der Waals surface area contributed by atoms with Gasteiger partial charge in [0.05, 0.1) is 25.3 Å². The normalized spacial score (nSPS) is 16.0. The van der Waals surface area contributed by atoms with Crippen LogP contribution in [0.1, 0.15) is 37.5 Å².